The first-order valence-corrected chi connectivity index (χ1v) is 6.15. The summed E-state index contributed by atoms with van der Waals surface area (Å²) in [6.45, 7) is 2.18. The number of allylic oxidation sites excluding steroid dienone is 1. The highest BCUT2D eigenvalue weighted by molar-refractivity contribution is 9.10. The third-order valence-corrected chi connectivity index (χ3v) is 2.72. The highest BCUT2D eigenvalue weighted by atomic mass is 79.9. The van der Waals surface area contributed by atoms with E-state index >= 15 is 0 Å². The zero-order valence-corrected chi connectivity index (χ0v) is 10.6. The summed E-state index contributed by atoms with van der Waals surface area (Å²) < 4.78 is 14.2. The molecule has 0 aliphatic rings. The highest BCUT2D eigenvalue weighted by Crippen LogP contribution is 2.17. The Morgan fingerprint density at radius 3 is 2.87 bits per heavy atom. The third-order valence-electron chi connectivity index (χ3n) is 2.23. The van der Waals surface area contributed by atoms with Crippen molar-refractivity contribution in [1.29, 1.82) is 0 Å². The van der Waals surface area contributed by atoms with Crippen molar-refractivity contribution in [2.75, 3.05) is 0 Å². The number of hydrogen-bond acceptors (Lipinski definition) is 0. The molecule has 0 heterocycles. The van der Waals surface area contributed by atoms with Gasteiger partial charge in [-0.15, -0.1) is 0 Å². The Labute approximate surface area is 99.3 Å². The maximum atomic E-state index is 13.3. The fourth-order valence-corrected chi connectivity index (χ4v) is 1.74. The van der Waals surface area contributed by atoms with E-state index in [1.54, 1.807) is 12.1 Å². The molecule has 0 aliphatic carbocycles. The van der Waals surface area contributed by atoms with Crippen LogP contribution < -0.4 is 0 Å². The van der Waals surface area contributed by atoms with Gasteiger partial charge in [0.15, 0.2) is 0 Å². The molecule has 0 fully saturated rings. The van der Waals surface area contributed by atoms with E-state index in [9.17, 15) is 4.39 Å². The lowest BCUT2D eigenvalue weighted by molar-refractivity contribution is 0.624. The van der Waals surface area contributed by atoms with Crippen LogP contribution in [-0.2, 0) is 0 Å². The van der Waals surface area contributed by atoms with Crippen molar-refractivity contribution in [1.82, 2.24) is 0 Å². The van der Waals surface area contributed by atoms with Gasteiger partial charge in [0.05, 0.1) is 0 Å². The predicted octanol–water partition coefficient (Wildman–Crippen LogP) is 5.18. The van der Waals surface area contributed by atoms with Gasteiger partial charge in [0.2, 0.25) is 0 Å². The molecule has 0 unspecified atom stereocenters. The van der Waals surface area contributed by atoms with Gasteiger partial charge in [0.25, 0.3) is 0 Å². The largest absolute Gasteiger partial charge is 0.206 e. The third kappa shape index (κ3) is 4.61. The summed E-state index contributed by atoms with van der Waals surface area (Å²) in [4.78, 5) is 0. The molecule has 0 spiro atoms. The van der Waals surface area contributed by atoms with Crippen molar-refractivity contribution in [3.05, 3.63) is 40.1 Å². The Kier molecular flexibility index (Phi) is 5.62. The van der Waals surface area contributed by atoms with Crippen LogP contribution in [0.15, 0.2) is 28.7 Å². The summed E-state index contributed by atoms with van der Waals surface area (Å²) >= 11 is 3.33. The molecule has 0 aromatic heterocycles. The van der Waals surface area contributed by atoms with Crippen molar-refractivity contribution in [3.8, 4) is 0 Å². The zero-order chi connectivity index (χ0) is 11.1. The van der Waals surface area contributed by atoms with Crippen LogP contribution in [0.1, 0.15) is 38.2 Å². The van der Waals surface area contributed by atoms with Gasteiger partial charge >= 0.3 is 0 Å². The molecule has 1 aromatic carbocycles. The number of halogens is 2. The van der Waals surface area contributed by atoms with Gasteiger partial charge in [0, 0.05) is 10.0 Å². The molecule has 0 amide bonds. The van der Waals surface area contributed by atoms with Gasteiger partial charge in [-0.05, 0) is 31.0 Å². The molecule has 0 N–H and O–H groups in total. The molecule has 1 aromatic rings. The average molecular weight is 271 g/mol. The van der Waals surface area contributed by atoms with Crippen molar-refractivity contribution >= 4 is 22.0 Å². The molecule has 2 heteroatoms. The summed E-state index contributed by atoms with van der Waals surface area (Å²) in [7, 11) is 0. The van der Waals surface area contributed by atoms with Crippen molar-refractivity contribution < 1.29 is 4.39 Å². The lowest BCUT2D eigenvalue weighted by atomic mass is 10.1. The molecule has 0 atom stereocenters. The summed E-state index contributed by atoms with van der Waals surface area (Å²) in [5.41, 5.74) is 0.654. The van der Waals surface area contributed by atoms with E-state index in [2.05, 4.69) is 22.9 Å². The molecule has 1 rings (SSSR count). The minimum atomic E-state index is -0.162. The van der Waals surface area contributed by atoms with Crippen molar-refractivity contribution in [3.63, 3.8) is 0 Å². The van der Waals surface area contributed by atoms with E-state index in [4.69, 9.17) is 0 Å². The van der Waals surface area contributed by atoms with Crippen LogP contribution in [0.4, 0.5) is 4.39 Å². The zero-order valence-electron chi connectivity index (χ0n) is 8.97. The molecule has 0 radical (unpaired) electrons. The molecule has 0 nitrogen and oxygen atoms in total. The molecule has 0 bridgehead atoms. The SMILES string of the molecule is CCCCC/C=C/c1cc(Br)ccc1F. The molecule has 0 saturated carbocycles. The fraction of sp³-hybridized carbons (Fsp3) is 0.385. The van der Waals surface area contributed by atoms with E-state index < -0.39 is 0 Å². The molecule has 0 saturated heterocycles. The summed E-state index contributed by atoms with van der Waals surface area (Å²) in [5.74, 6) is -0.162. The van der Waals surface area contributed by atoms with Crippen LogP contribution in [0.25, 0.3) is 6.08 Å². The number of rotatable bonds is 5. The normalized spacial score (nSPS) is 11.1. The first kappa shape index (κ1) is 12.4. The minimum Gasteiger partial charge on any atom is -0.206 e. The minimum absolute atomic E-state index is 0.162. The Hall–Kier alpha value is -0.630. The van der Waals surface area contributed by atoms with E-state index in [1.807, 2.05) is 12.2 Å². The lowest BCUT2D eigenvalue weighted by Crippen LogP contribution is -1.81. The Balaban J connectivity index is 2.52. The summed E-state index contributed by atoms with van der Waals surface area (Å²) in [6.07, 6.45) is 8.57. The van der Waals surface area contributed by atoms with Crippen LogP contribution in [0.5, 0.6) is 0 Å². The van der Waals surface area contributed by atoms with Crippen LogP contribution in [0, 0.1) is 5.82 Å². The second-order valence-corrected chi connectivity index (χ2v) is 4.48. The molecule has 0 aliphatic heterocycles. The van der Waals surface area contributed by atoms with Crippen LogP contribution in [0.2, 0.25) is 0 Å². The first-order valence-electron chi connectivity index (χ1n) is 5.35. The summed E-state index contributed by atoms with van der Waals surface area (Å²) in [6, 6.07) is 4.99. The number of benzene rings is 1. The lowest BCUT2D eigenvalue weighted by Gasteiger charge is -1.97. The maximum Gasteiger partial charge on any atom is 0.130 e. The van der Waals surface area contributed by atoms with Gasteiger partial charge in [0.1, 0.15) is 5.82 Å². The highest BCUT2D eigenvalue weighted by Gasteiger charge is 1.97. The van der Waals surface area contributed by atoms with Crippen molar-refractivity contribution in [2.45, 2.75) is 32.6 Å². The molecule has 15 heavy (non-hydrogen) atoms. The Morgan fingerprint density at radius 2 is 2.13 bits per heavy atom. The molecule has 82 valence electrons. The van der Waals surface area contributed by atoms with Gasteiger partial charge in [-0.25, -0.2) is 4.39 Å². The second kappa shape index (κ2) is 6.78. The topological polar surface area (TPSA) is 0 Å². The molecular formula is C13H16BrF. The average Bonchev–Trinajstić information content (AvgIpc) is 2.23. The van der Waals surface area contributed by atoms with Gasteiger partial charge in [-0.3, -0.25) is 0 Å². The monoisotopic (exact) mass is 270 g/mol. The predicted molar refractivity (Wildman–Crippen MR) is 67.3 cm³/mol. The Bertz CT molecular complexity index is 331. The van der Waals surface area contributed by atoms with Crippen LogP contribution in [0.3, 0.4) is 0 Å². The van der Waals surface area contributed by atoms with Crippen molar-refractivity contribution in [2.24, 2.45) is 0 Å². The van der Waals surface area contributed by atoms with E-state index in [-0.39, 0.29) is 5.82 Å². The van der Waals surface area contributed by atoms with Crippen LogP contribution >= 0.6 is 15.9 Å². The standard InChI is InChI=1S/C13H16BrF/c1-2-3-4-5-6-7-11-10-12(14)8-9-13(11)15/h6-10H,2-5H2,1H3/b7-6+. The van der Waals surface area contributed by atoms with Gasteiger partial charge in [-0.1, -0.05) is 47.8 Å². The van der Waals surface area contributed by atoms with Gasteiger partial charge in [-0.2, -0.15) is 0 Å². The fourth-order valence-electron chi connectivity index (χ4n) is 1.36. The number of unbranched alkanes of at least 4 members (excludes halogenated alkanes) is 3. The Morgan fingerprint density at radius 1 is 1.33 bits per heavy atom. The van der Waals surface area contributed by atoms with E-state index in [0.717, 1.165) is 10.9 Å². The first-order chi connectivity index (χ1) is 7.24. The van der Waals surface area contributed by atoms with E-state index in [1.165, 1.54) is 25.3 Å². The van der Waals surface area contributed by atoms with Crippen LogP contribution in [-0.4, -0.2) is 0 Å². The van der Waals surface area contributed by atoms with Gasteiger partial charge < -0.3 is 0 Å². The smallest absolute Gasteiger partial charge is 0.130 e. The number of hydrogen-bond donors (Lipinski definition) is 0. The maximum absolute atomic E-state index is 13.3. The summed E-state index contributed by atoms with van der Waals surface area (Å²) in [5, 5.41) is 0. The quantitative estimate of drug-likeness (QED) is 0.647. The van der Waals surface area contributed by atoms with E-state index in [0.29, 0.717) is 5.56 Å². The molecular weight excluding hydrogens is 255 g/mol. The second-order valence-electron chi connectivity index (χ2n) is 3.56.